The van der Waals surface area contributed by atoms with E-state index < -0.39 is 10.7 Å². The predicted octanol–water partition coefficient (Wildman–Crippen LogP) is 0.524. The molecule has 0 aliphatic carbocycles. The molecule has 0 fully saturated rings. The third-order valence-corrected chi connectivity index (χ3v) is 1.67. The normalized spacial score (nSPS) is 10.7. The maximum Gasteiger partial charge on any atom is 0.229 e. The summed E-state index contributed by atoms with van der Waals surface area (Å²) >= 11 is 5.21. The SMILES string of the molecule is CC(C)(CNC=O)C(=O)Cl. The van der Waals surface area contributed by atoms with Gasteiger partial charge in [0.1, 0.15) is 0 Å². The maximum absolute atomic E-state index is 10.6. The van der Waals surface area contributed by atoms with Crippen LogP contribution in [0, 0.1) is 5.41 Å². The molecule has 0 aliphatic rings. The van der Waals surface area contributed by atoms with Gasteiger partial charge in [0.2, 0.25) is 11.7 Å². The van der Waals surface area contributed by atoms with Gasteiger partial charge in [0, 0.05) is 6.54 Å². The lowest BCUT2D eigenvalue weighted by Gasteiger charge is -2.17. The van der Waals surface area contributed by atoms with Gasteiger partial charge in [-0.2, -0.15) is 0 Å². The fourth-order valence-corrected chi connectivity index (χ4v) is 0.433. The van der Waals surface area contributed by atoms with Crippen LogP contribution in [0.4, 0.5) is 0 Å². The monoisotopic (exact) mass is 163 g/mol. The van der Waals surface area contributed by atoms with Gasteiger partial charge in [0.25, 0.3) is 0 Å². The summed E-state index contributed by atoms with van der Waals surface area (Å²) < 4.78 is 0. The van der Waals surface area contributed by atoms with Crippen LogP contribution in [0.1, 0.15) is 13.8 Å². The lowest BCUT2D eigenvalue weighted by molar-refractivity contribution is -0.119. The van der Waals surface area contributed by atoms with Crippen molar-refractivity contribution in [1.29, 1.82) is 0 Å². The van der Waals surface area contributed by atoms with E-state index in [2.05, 4.69) is 5.32 Å². The molecular weight excluding hydrogens is 154 g/mol. The highest BCUT2D eigenvalue weighted by atomic mass is 35.5. The van der Waals surface area contributed by atoms with Crippen LogP contribution in [0.3, 0.4) is 0 Å². The second-order valence-electron chi connectivity index (χ2n) is 2.66. The molecule has 4 heteroatoms. The third-order valence-electron chi connectivity index (χ3n) is 1.16. The molecule has 1 N–H and O–H groups in total. The van der Waals surface area contributed by atoms with Gasteiger partial charge in [-0.15, -0.1) is 0 Å². The van der Waals surface area contributed by atoms with Crippen molar-refractivity contribution < 1.29 is 9.59 Å². The van der Waals surface area contributed by atoms with Gasteiger partial charge in [0.05, 0.1) is 5.41 Å². The highest BCUT2D eigenvalue weighted by Crippen LogP contribution is 2.16. The van der Waals surface area contributed by atoms with Gasteiger partial charge in [-0.1, -0.05) is 0 Å². The smallest absolute Gasteiger partial charge is 0.229 e. The van der Waals surface area contributed by atoms with E-state index >= 15 is 0 Å². The van der Waals surface area contributed by atoms with E-state index in [-0.39, 0.29) is 6.54 Å². The Kier molecular flexibility index (Phi) is 3.36. The lowest BCUT2D eigenvalue weighted by atomic mass is 9.96. The Morgan fingerprint density at radius 2 is 2.20 bits per heavy atom. The topological polar surface area (TPSA) is 46.2 Å². The molecule has 58 valence electrons. The quantitative estimate of drug-likeness (QED) is 0.485. The summed E-state index contributed by atoms with van der Waals surface area (Å²) in [5.74, 6) is 0. The molecule has 0 bridgehead atoms. The first-order valence-corrected chi connectivity index (χ1v) is 3.25. The Morgan fingerprint density at radius 1 is 1.70 bits per heavy atom. The minimum absolute atomic E-state index is 0.277. The number of hydrogen-bond acceptors (Lipinski definition) is 2. The van der Waals surface area contributed by atoms with Crippen LogP contribution >= 0.6 is 11.6 Å². The van der Waals surface area contributed by atoms with Crippen LogP contribution in [-0.4, -0.2) is 18.2 Å². The summed E-state index contributed by atoms with van der Waals surface area (Å²) in [5, 5.41) is 1.94. The fourth-order valence-electron chi connectivity index (χ4n) is 0.366. The second kappa shape index (κ2) is 3.56. The molecule has 0 heterocycles. The number of rotatable bonds is 4. The second-order valence-corrected chi connectivity index (χ2v) is 3.00. The number of carbonyl (C=O) groups excluding carboxylic acids is 2. The molecule has 0 aliphatic heterocycles. The maximum atomic E-state index is 10.6. The van der Waals surface area contributed by atoms with Crippen molar-refractivity contribution in [3.63, 3.8) is 0 Å². The van der Waals surface area contributed by atoms with Crippen LogP contribution in [0.15, 0.2) is 0 Å². The predicted molar refractivity (Wildman–Crippen MR) is 38.7 cm³/mol. The van der Waals surface area contributed by atoms with Crippen molar-refractivity contribution in [2.75, 3.05) is 6.54 Å². The Morgan fingerprint density at radius 3 is 2.50 bits per heavy atom. The summed E-state index contributed by atoms with van der Waals surface area (Å²) in [4.78, 5) is 20.4. The van der Waals surface area contributed by atoms with Gasteiger partial charge in [-0.05, 0) is 25.4 Å². The molecule has 0 atom stereocenters. The zero-order valence-corrected chi connectivity index (χ0v) is 6.73. The van der Waals surface area contributed by atoms with Gasteiger partial charge in [-0.25, -0.2) is 0 Å². The van der Waals surface area contributed by atoms with Gasteiger partial charge in [-0.3, -0.25) is 9.59 Å². The summed E-state index contributed by atoms with van der Waals surface area (Å²) in [6, 6.07) is 0. The Hall–Kier alpha value is -0.570. The molecule has 0 aromatic heterocycles. The molecule has 0 saturated carbocycles. The van der Waals surface area contributed by atoms with Crippen LogP contribution in [0.5, 0.6) is 0 Å². The summed E-state index contributed by atoms with van der Waals surface area (Å²) in [6.07, 6.45) is 0.543. The van der Waals surface area contributed by atoms with E-state index in [9.17, 15) is 9.59 Å². The minimum Gasteiger partial charge on any atom is -0.358 e. The summed E-state index contributed by atoms with van der Waals surface area (Å²) in [6.45, 7) is 3.61. The molecule has 0 saturated heterocycles. The third kappa shape index (κ3) is 2.82. The molecule has 0 rings (SSSR count). The van der Waals surface area contributed by atoms with Crippen molar-refractivity contribution in [1.82, 2.24) is 5.32 Å². The molecule has 3 nitrogen and oxygen atoms in total. The van der Waals surface area contributed by atoms with Crippen LogP contribution in [0.25, 0.3) is 0 Å². The van der Waals surface area contributed by atoms with Crippen LogP contribution in [0.2, 0.25) is 0 Å². The van der Waals surface area contributed by atoms with Crippen molar-refractivity contribution in [3.05, 3.63) is 0 Å². The average Bonchev–Trinajstić information content (AvgIpc) is 1.84. The molecule has 1 amide bonds. The molecule has 0 spiro atoms. The van der Waals surface area contributed by atoms with E-state index in [4.69, 9.17) is 11.6 Å². The van der Waals surface area contributed by atoms with Crippen molar-refractivity contribution in [2.24, 2.45) is 5.41 Å². The highest BCUT2D eigenvalue weighted by molar-refractivity contribution is 6.64. The average molecular weight is 164 g/mol. The van der Waals surface area contributed by atoms with E-state index in [1.807, 2.05) is 0 Å². The van der Waals surface area contributed by atoms with Gasteiger partial charge >= 0.3 is 0 Å². The van der Waals surface area contributed by atoms with Crippen LogP contribution < -0.4 is 5.32 Å². The van der Waals surface area contributed by atoms with Crippen LogP contribution in [-0.2, 0) is 9.59 Å². The number of nitrogens with one attached hydrogen (secondary N) is 1. The molecule has 0 unspecified atom stereocenters. The minimum atomic E-state index is -0.664. The molecular formula is C6H10ClNO2. The first kappa shape index (κ1) is 9.43. The molecule has 0 radical (unpaired) electrons. The molecule has 10 heavy (non-hydrogen) atoms. The zero-order valence-electron chi connectivity index (χ0n) is 5.98. The van der Waals surface area contributed by atoms with E-state index in [1.165, 1.54) is 0 Å². The first-order valence-electron chi connectivity index (χ1n) is 2.87. The standard InChI is InChI=1S/C6H10ClNO2/c1-6(2,5(7)10)3-8-4-9/h4H,3H2,1-2H3,(H,8,9). The highest BCUT2D eigenvalue weighted by Gasteiger charge is 2.24. The first-order chi connectivity index (χ1) is 4.50. The number of carbonyl (C=O) groups is 2. The Balaban J connectivity index is 3.86. The lowest BCUT2D eigenvalue weighted by Crippen LogP contribution is -2.33. The van der Waals surface area contributed by atoms with E-state index in [1.54, 1.807) is 13.8 Å². The molecule has 0 aromatic carbocycles. The Labute approximate surface area is 64.7 Å². The summed E-state index contributed by atoms with van der Waals surface area (Å²) in [5.41, 5.74) is -0.664. The largest absolute Gasteiger partial charge is 0.358 e. The zero-order chi connectivity index (χ0) is 8.20. The van der Waals surface area contributed by atoms with E-state index in [0.29, 0.717) is 6.41 Å². The summed E-state index contributed by atoms with van der Waals surface area (Å²) in [7, 11) is 0. The van der Waals surface area contributed by atoms with Gasteiger partial charge in [0.15, 0.2) is 0 Å². The fraction of sp³-hybridized carbons (Fsp3) is 0.667. The van der Waals surface area contributed by atoms with Gasteiger partial charge < -0.3 is 5.32 Å². The van der Waals surface area contributed by atoms with Crippen molar-refractivity contribution in [2.45, 2.75) is 13.8 Å². The van der Waals surface area contributed by atoms with Crippen molar-refractivity contribution >= 4 is 23.3 Å². The number of halogens is 1. The number of hydrogen-bond donors (Lipinski definition) is 1. The van der Waals surface area contributed by atoms with Crippen molar-refractivity contribution in [3.8, 4) is 0 Å². The van der Waals surface area contributed by atoms with E-state index in [0.717, 1.165) is 0 Å². The Bertz CT molecular complexity index is 145. The molecule has 0 aromatic rings. The number of amides is 1.